The van der Waals surface area contributed by atoms with Crippen LogP contribution in [0.4, 0.5) is 5.69 Å². The number of nitrogens with zero attached hydrogens (tertiary/aromatic N) is 1. The fourth-order valence-electron chi connectivity index (χ4n) is 1.70. The summed E-state index contributed by atoms with van der Waals surface area (Å²) in [4.78, 5) is 12.4. The smallest absolute Gasteiger partial charge is 0.142 e. The monoisotopic (exact) mass is 237 g/mol. The highest BCUT2D eigenvalue weighted by molar-refractivity contribution is 5.64. The average molecular weight is 237 g/mol. The van der Waals surface area contributed by atoms with Gasteiger partial charge in [-0.1, -0.05) is 0 Å². The van der Waals surface area contributed by atoms with E-state index in [0.717, 1.165) is 29.0 Å². The van der Waals surface area contributed by atoms with E-state index in [0.29, 0.717) is 12.8 Å². The van der Waals surface area contributed by atoms with E-state index < -0.39 is 0 Å². The zero-order chi connectivity index (χ0) is 12.8. The Labute approximate surface area is 102 Å². The topological polar surface area (TPSA) is 38.8 Å². The minimum absolute atomic E-state index is 0.487. The van der Waals surface area contributed by atoms with Crippen molar-refractivity contribution >= 4 is 12.0 Å². The van der Waals surface area contributed by atoms with Gasteiger partial charge in [0.1, 0.15) is 17.8 Å². The molecular formula is C13H19NO3. The van der Waals surface area contributed by atoms with E-state index in [9.17, 15) is 4.79 Å². The summed E-state index contributed by atoms with van der Waals surface area (Å²) in [6.07, 6.45) is 2.06. The van der Waals surface area contributed by atoms with Crippen molar-refractivity contribution < 1.29 is 14.3 Å². The molecule has 0 aliphatic rings. The Kier molecular flexibility index (Phi) is 4.82. The lowest BCUT2D eigenvalue weighted by Crippen LogP contribution is -2.11. The molecule has 0 saturated carbocycles. The van der Waals surface area contributed by atoms with Gasteiger partial charge in [-0.15, -0.1) is 0 Å². The lowest BCUT2D eigenvalue weighted by molar-refractivity contribution is -0.107. The van der Waals surface area contributed by atoms with Crippen LogP contribution in [-0.4, -0.2) is 34.6 Å². The summed E-state index contributed by atoms with van der Waals surface area (Å²) in [6.45, 7) is 0. The van der Waals surface area contributed by atoms with Crippen LogP contribution in [-0.2, 0) is 11.2 Å². The molecule has 0 bridgehead atoms. The van der Waals surface area contributed by atoms with Gasteiger partial charge in [-0.05, 0) is 18.1 Å². The first-order valence-corrected chi connectivity index (χ1v) is 5.49. The third-order valence-electron chi connectivity index (χ3n) is 2.60. The number of rotatable bonds is 6. The Balaban J connectivity index is 3.17. The van der Waals surface area contributed by atoms with Crippen molar-refractivity contribution in [2.45, 2.75) is 12.8 Å². The van der Waals surface area contributed by atoms with Crippen molar-refractivity contribution in [3.8, 4) is 11.5 Å². The SMILES string of the molecule is COc1cc(N(C)C)c(OC)cc1CCC=O. The van der Waals surface area contributed by atoms with Crippen LogP contribution in [0.1, 0.15) is 12.0 Å². The molecule has 0 saturated heterocycles. The van der Waals surface area contributed by atoms with Crippen LogP contribution in [0.5, 0.6) is 11.5 Å². The maximum atomic E-state index is 10.4. The number of aryl methyl sites for hydroxylation is 1. The lowest BCUT2D eigenvalue weighted by atomic mass is 10.1. The number of carbonyl (C=O) groups excluding carboxylic acids is 1. The van der Waals surface area contributed by atoms with Gasteiger partial charge in [-0.25, -0.2) is 0 Å². The van der Waals surface area contributed by atoms with Gasteiger partial charge in [-0.2, -0.15) is 0 Å². The Hall–Kier alpha value is -1.71. The number of aldehydes is 1. The summed E-state index contributed by atoms with van der Waals surface area (Å²) >= 11 is 0. The molecule has 0 aliphatic carbocycles. The van der Waals surface area contributed by atoms with Gasteiger partial charge in [0.25, 0.3) is 0 Å². The Morgan fingerprint density at radius 2 is 1.82 bits per heavy atom. The summed E-state index contributed by atoms with van der Waals surface area (Å²) < 4.78 is 10.7. The molecule has 0 amide bonds. The van der Waals surface area contributed by atoms with Crippen molar-refractivity contribution in [2.75, 3.05) is 33.2 Å². The maximum absolute atomic E-state index is 10.4. The van der Waals surface area contributed by atoms with Gasteiger partial charge in [0.15, 0.2) is 0 Å². The molecule has 1 aromatic rings. The fourth-order valence-corrected chi connectivity index (χ4v) is 1.70. The molecule has 17 heavy (non-hydrogen) atoms. The number of benzene rings is 1. The van der Waals surface area contributed by atoms with Crippen molar-refractivity contribution in [1.29, 1.82) is 0 Å². The van der Waals surface area contributed by atoms with Crippen LogP contribution >= 0.6 is 0 Å². The minimum Gasteiger partial charge on any atom is -0.496 e. The molecule has 4 heteroatoms. The van der Waals surface area contributed by atoms with Gasteiger partial charge < -0.3 is 19.2 Å². The number of methoxy groups -OCH3 is 2. The van der Waals surface area contributed by atoms with Crippen LogP contribution in [0, 0.1) is 0 Å². The lowest BCUT2D eigenvalue weighted by Gasteiger charge is -2.19. The Morgan fingerprint density at radius 1 is 1.18 bits per heavy atom. The molecule has 4 nitrogen and oxygen atoms in total. The molecule has 94 valence electrons. The zero-order valence-corrected chi connectivity index (χ0v) is 10.8. The van der Waals surface area contributed by atoms with Gasteiger partial charge in [-0.3, -0.25) is 0 Å². The summed E-state index contributed by atoms with van der Waals surface area (Å²) in [6, 6.07) is 3.86. The molecule has 1 aromatic carbocycles. The second-order valence-corrected chi connectivity index (χ2v) is 3.94. The van der Waals surface area contributed by atoms with Crippen LogP contribution in [0.25, 0.3) is 0 Å². The standard InChI is InChI=1S/C13H19NO3/c1-14(2)11-9-12(16-3)10(6-5-7-15)8-13(11)17-4/h7-9H,5-6H2,1-4H3. The van der Waals surface area contributed by atoms with Gasteiger partial charge in [0, 0.05) is 26.6 Å². The van der Waals surface area contributed by atoms with Crippen molar-refractivity contribution in [3.05, 3.63) is 17.7 Å². The highest BCUT2D eigenvalue weighted by Crippen LogP contribution is 2.34. The van der Waals surface area contributed by atoms with E-state index >= 15 is 0 Å². The van der Waals surface area contributed by atoms with Gasteiger partial charge >= 0.3 is 0 Å². The third kappa shape index (κ3) is 3.12. The molecular weight excluding hydrogens is 218 g/mol. The molecule has 0 aromatic heterocycles. The Morgan fingerprint density at radius 3 is 2.29 bits per heavy atom. The summed E-state index contributed by atoms with van der Waals surface area (Å²) in [5, 5.41) is 0. The number of hydrogen-bond acceptors (Lipinski definition) is 4. The van der Waals surface area contributed by atoms with E-state index in [4.69, 9.17) is 9.47 Å². The van der Waals surface area contributed by atoms with Crippen LogP contribution in [0.2, 0.25) is 0 Å². The van der Waals surface area contributed by atoms with E-state index in [2.05, 4.69) is 0 Å². The summed E-state index contributed by atoms with van der Waals surface area (Å²) in [5.41, 5.74) is 1.95. The molecule has 0 unspecified atom stereocenters. The van der Waals surface area contributed by atoms with Crippen molar-refractivity contribution in [3.63, 3.8) is 0 Å². The highest BCUT2D eigenvalue weighted by Gasteiger charge is 2.12. The summed E-state index contributed by atoms with van der Waals surface area (Å²) in [5.74, 6) is 1.58. The predicted molar refractivity (Wildman–Crippen MR) is 68.3 cm³/mol. The van der Waals surface area contributed by atoms with Crippen LogP contribution in [0.3, 0.4) is 0 Å². The molecule has 0 spiro atoms. The number of carbonyl (C=O) groups is 1. The van der Waals surface area contributed by atoms with Crippen molar-refractivity contribution in [1.82, 2.24) is 0 Å². The highest BCUT2D eigenvalue weighted by atomic mass is 16.5. The second kappa shape index (κ2) is 6.13. The van der Waals surface area contributed by atoms with Crippen LogP contribution < -0.4 is 14.4 Å². The van der Waals surface area contributed by atoms with Crippen molar-refractivity contribution in [2.24, 2.45) is 0 Å². The molecule has 0 fully saturated rings. The quantitative estimate of drug-likeness (QED) is 0.708. The predicted octanol–water partition coefficient (Wildman–Crippen LogP) is 1.90. The minimum atomic E-state index is 0.487. The van der Waals surface area contributed by atoms with E-state index in [-0.39, 0.29) is 0 Å². The number of ether oxygens (including phenoxy) is 2. The summed E-state index contributed by atoms with van der Waals surface area (Å²) in [7, 11) is 7.16. The first-order chi connectivity index (χ1) is 8.13. The third-order valence-corrected chi connectivity index (χ3v) is 2.60. The van der Waals surface area contributed by atoms with E-state index in [1.165, 1.54) is 0 Å². The number of hydrogen-bond donors (Lipinski definition) is 0. The maximum Gasteiger partial charge on any atom is 0.142 e. The normalized spacial score (nSPS) is 9.88. The van der Waals surface area contributed by atoms with E-state index in [1.54, 1.807) is 14.2 Å². The number of anilines is 1. The molecule has 0 atom stereocenters. The first-order valence-electron chi connectivity index (χ1n) is 5.49. The van der Waals surface area contributed by atoms with Gasteiger partial charge in [0.05, 0.1) is 19.9 Å². The van der Waals surface area contributed by atoms with E-state index in [1.807, 2.05) is 31.1 Å². The largest absolute Gasteiger partial charge is 0.496 e. The fraction of sp³-hybridized carbons (Fsp3) is 0.462. The van der Waals surface area contributed by atoms with Gasteiger partial charge in [0.2, 0.25) is 0 Å². The molecule has 0 heterocycles. The Bertz CT molecular complexity index is 388. The van der Waals surface area contributed by atoms with Crippen LogP contribution in [0.15, 0.2) is 12.1 Å². The molecule has 0 radical (unpaired) electrons. The molecule has 0 aliphatic heterocycles. The molecule has 0 N–H and O–H groups in total. The first kappa shape index (κ1) is 13.4. The zero-order valence-electron chi connectivity index (χ0n) is 10.8. The second-order valence-electron chi connectivity index (χ2n) is 3.94. The molecule has 1 rings (SSSR count). The average Bonchev–Trinajstić information content (AvgIpc) is 2.34.